The predicted molar refractivity (Wildman–Crippen MR) is 50.9 cm³/mol. The van der Waals surface area contributed by atoms with E-state index < -0.39 is 5.24 Å². The number of benzene rings is 1. The van der Waals surface area contributed by atoms with Gasteiger partial charge in [-0.15, -0.1) is 11.6 Å². The van der Waals surface area contributed by atoms with Crippen LogP contribution in [-0.4, -0.2) is 5.24 Å². The summed E-state index contributed by atoms with van der Waals surface area (Å²) in [5.74, 6) is 0. The van der Waals surface area contributed by atoms with Gasteiger partial charge in [0.25, 0.3) is 5.24 Å². The first kappa shape index (κ1) is 9.56. The molecule has 1 rings (SSSR count). The Labute approximate surface area is 81.3 Å². The maximum atomic E-state index is 10.7. The lowest BCUT2D eigenvalue weighted by Gasteiger charge is -2.02. The van der Waals surface area contributed by atoms with Crippen molar-refractivity contribution in [2.75, 3.05) is 0 Å². The molecule has 0 amide bonds. The van der Waals surface area contributed by atoms with Crippen LogP contribution in [0.5, 0.6) is 0 Å². The summed E-state index contributed by atoms with van der Waals surface area (Å²) >= 11 is 11.1. The second-order valence-electron chi connectivity index (χ2n) is 2.51. The Morgan fingerprint density at radius 2 is 1.83 bits per heavy atom. The first-order chi connectivity index (χ1) is 5.61. The molecule has 0 aliphatic heterocycles. The number of carbonyl (C=O) groups is 1. The van der Waals surface area contributed by atoms with Crippen LogP contribution in [0.3, 0.4) is 0 Å². The quantitative estimate of drug-likeness (QED) is 0.532. The van der Waals surface area contributed by atoms with Crippen molar-refractivity contribution >= 4 is 28.4 Å². The van der Waals surface area contributed by atoms with Gasteiger partial charge in [-0.05, 0) is 36.2 Å². The van der Waals surface area contributed by atoms with Crippen LogP contribution in [0.15, 0.2) is 24.3 Å². The molecule has 0 bridgehead atoms. The smallest absolute Gasteiger partial charge is 0.252 e. The molecule has 1 aromatic carbocycles. The Morgan fingerprint density at radius 3 is 2.17 bits per heavy atom. The summed E-state index contributed by atoms with van der Waals surface area (Å²) < 4.78 is 0. The van der Waals surface area contributed by atoms with Crippen LogP contribution in [0.25, 0.3) is 0 Å². The van der Waals surface area contributed by atoms with Crippen LogP contribution < -0.4 is 0 Å². The van der Waals surface area contributed by atoms with E-state index in [0.29, 0.717) is 5.56 Å². The zero-order chi connectivity index (χ0) is 9.14. The molecule has 0 unspecified atom stereocenters. The molecule has 1 atom stereocenters. The van der Waals surface area contributed by atoms with Gasteiger partial charge in [0.05, 0.1) is 5.38 Å². The summed E-state index contributed by atoms with van der Waals surface area (Å²) in [4.78, 5) is 10.7. The summed E-state index contributed by atoms with van der Waals surface area (Å²) in [6.07, 6.45) is 0. The number of hydrogen-bond donors (Lipinski definition) is 0. The zero-order valence-electron chi connectivity index (χ0n) is 6.55. The van der Waals surface area contributed by atoms with Crippen LogP contribution in [-0.2, 0) is 0 Å². The lowest BCUT2D eigenvalue weighted by molar-refractivity contribution is 0.108. The molecular weight excluding hydrogens is 195 g/mol. The zero-order valence-corrected chi connectivity index (χ0v) is 8.06. The van der Waals surface area contributed by atoms with Gasteiger partial charge in [-0.25, -0.2) is 0 Å². The van der Waals surface area contributed by atoms with Crippen molar-refractivity contribution in [1.29, 1.82) is 0 Å². The van der Waals surface area contributed by atoms with Crippen molar-refractivity contribution in [2.24, 2.45) is 0 Å². The van der Waals surface area contributed by atoms with Crippen LogP contribution in [0.4, 0.5) is 0 Å². The lowest BCUT2D eigenvalue weighted by Crippen LogP contribution is -1.90. The maximum absolute atomic E-state index is 10.7. The van der Waals surface area contributed by atoms with E-state index in [0.717, 1.165) is 5.56 Å². The van der Waals surface area contributed by atoms with E-state index in [-0.39, 0.29) is 5.38 Å². The maximum Gasteiger partial charge on any atom is 0.252 e. The van der Waals surface area contributed by atoms with Crippen LogP contribution >= 0.6 is 23.2 Å². The Morgan fingerprint density at radius 1 is 1.33 bits per heavy atom. The average Bonchev–Trinajstić information content (AvgIpc) is 2.04. The Kier molecular flexibility index (Phi) is 3.12. The third-order valence-electron chi connectivity index (χ3n) is 1.60. The van der Waals surface area contributed by atoms with Crippen molar-refractivity contribution in [3.63, 3.8) is 0 Å². The summed E-state index contributed by atoms with van der Waals surface area (Å²) in [6.45, 7) is 1.87. The summed E-state index contributed by atoms with van der Waals surface area (Å²) in [5.41, 5.74) is 1.48. The number of alkyl halides is 1. The fourth-order valence-electron chi connectivity index (χ4n) is 0.879. The molecule has 0 saturated heterocycles. The highest BCUT2D eigenvalue weighted by atomic mass is 35.5. The topological polar surface area (TPSA) is 17.1 Å². The third kappa shape index (κ3) is 2.23. The molecule has 0 spiro atoms. The second kappa shape index (κ2) is 3.92. The normalized spacial score (nSPS) is 12.6. The van der Waals surface area contributed by atoms with Gasteiger partial charge < -0.3 is 0 Å². The molecule has 0 radical (unpaired) electrons. The molecule has 0 aliphatic rings. The van der Waals surface area contributed by atoms with Crippen LogP contribution in [0.1, 0.15) is 28.2 Å². The summed E-state index contributed by atoms with van der Waals surface area (Å²) in [5, 5.41) is -0.478. The van der Waals surface area contributed by atoms with Gasteiger partial charge in [0.15, 0.2) is 0 Å². The third-order valence-corrected chi connectivity index (χ3v) is 2.07. The molecule has 64 valence electrons. The van der Waals surface area contributed by atoms with Crippen molar-refractivity contribution in [2.45, 2.75) is 12.3 Å². The predicted octanol–water partition coefficient (Wildman–Crippen LogP) is 3.37. The first-order valence-electron chi connectivity index (χ1n) is 3.55. The highest BCUT2D eigenvalue weighted by molar-refractivity contribution is 6.67. The molecule has 0 aliphatic carbocycles. The monoisotopic (exact) mass is 202 g/mol. The molecule has 12 heavy (non-hydrogen) atoms. The van der Waals surface area contributed by atoms with Gasteiger partial charge in [-0.1, -0.05) is 12.1 Å². The van der Waals surface area contributed by atoms with E-state index in [1.807, 2.05) is 6.92 Å². The molecule has 1 nitrogen and oxygen atoms in total. The largest absolute Gasteiger partial charge is 0.276 e. The van der Waals surface area contributed by atoms with Crippen LogP contribution in [0, 0.1) is 0 Å². The number of carbonyl (C=O) groups excluding carboxylic acids is 1. The SMILES string of the molecule is C[C@@H](Cl)c1ccc(C(=O)Cl)cc1. The van der Waals surface area contributed by atoms with Gasteiger partial charge >= 0.3 is 0 Å². The number of halogens is 2. The highest BCUT2D eigenvalue weighted by Crippen LogP contribution is 2.19. The molecule has 0 N–H and O–H groups in total. The Bertz CT molecular complexity index is 277. The Balaban J connectivity index is 2.93. The standard InChI is InChI=1S/C9H8Cl2O/c1-6(10)7-2-4-8(5-3-7)9(11)12/h2-6H,1H3/t6-/m1/s1. The minimum atomic E-state index is -0.441. The lowest BCUT2D eigenvalue weighted by atomic mass is 10.1. The summed E-state index contributed by atoms with van der Waals surface area (Å²) in [6, 6.07) is 6.94. The minimum Gasteiger partial charge on any atom is -0.276 e. The van der Waals surface area contributed by atoms with Gasteiger partial charge in [0.2, 0.25) is 0 Å². The number of hydrogen-bond acceptors (Lipinski definition) is 1. The van der Waals surface area contributed by atoms with E-state index in [9.17, 15) is 4.79 Å². The molecule has 0 heterocycles. The van der Waals surface area contributed by atoms with Crippen molar-refractivity contribution in [1.82, 2.24) is 0 Å². The molecule has 0 aromatic heterocycles. The molecule has 0 fully saturated rings. The van der Waals surface area contributed by atoms with E-state index in [4.69, 9.17) is 23.2 Å². The minimum absolute atomic E-state index is 0.0375. The second-order valence-corrected chi connectivity index (χ2v) is 3.51. The van der Waals surface area contributed by atoms with E-state index in [1.165, 1.54) is 0 Å². The molecular formula is C9H8Cl2O. The van der Waals surface area contributed by atoms with Gasteiger partial charge in [0, 0.05) is 5.56 Å². The number of rotatable bonds is 2. The van der Waals surface area contributed by atoms with Crippen molar-refractivity contribution in [3.8, 4) is 0 Å². The highest BCUT2D eigenvalue weighted by Gasteiger charge is 2.03. The Hall–Kier alpha value is -0.530. The average molecular weight is 203 g/mol. The molecule has 1 aromatic rings. The fourth-order valence-corrected chi connectivity index (χ4v) is 1.15. The first-order valence-corrected chi connectivity index (χ1v) is 4.36. The van der Waals surface area contributed by atoms with E-state index >= 15 is 0 Å². The van der Waals surface area contributed by atoms with Gasteiger partial charge in [0.1, 0.15) is 0 Å². The van der Waals surface area contributed by atoms with E-state index in [2.05, 4.69) is 0 Å². The molecule has 0 saturated carbocycles. The van der Waals surface area contributed by atoms with E-state index in [1.54, 1.807) is 24.3 Å². The van der Waals surface area contributed by atoms with Crippen LogP contribution in [0.2, 0.25) is 0 Å². The molecule has 3 heteroatoms. The van der Waals surface area contributed by atoms with Gasteiger partial charge in [-0.3, -0.25) is 4.79 Å². The summed E-state index contributed by atoms with van der Waals surface area (Å²) in [7, 11) is 0. The van der Waals surface area contributed by atoms with Crippen molar-refractivity contribution < 1.29 is 4.79 Å². The fraction of sp³-hybridized carbons (Fsp3) is 0.222. The van der Waals surface area contributed by atoms with Gasteiger partial charge in [-0.2, -0.15) is 0 Å². The van der Waals surface area contributed by atoms with Crippen molar-refractivity contribution in [3.05, 3.63) is 35.4 Å².